The van der Waals surface area contributed by atoms with E-state index in [0.717, 1.165) is 29.6 Å². The van der Waals surface area contributed by atoms with Crippen molar-refractivity contribution in [3.05, 3.63) is 0 Å². The molecule has 3 rings (SSSR count). The van der Waals surface area contributed by atoms with Crippen molar-refractivity contribution in [3.8, 4) is 0 Å². The van der Waals surface area contributed by atoms with Gasteiger partial charge in [0, 0.05) is 0 Å². The van der Waals surface area contributed by atoms with Gasteiger partial charge in [0.2, 0.25) is 0 Å². The lowest BCUT2D eigenvalue weighted by Gasteiger charge is -2.38. The average molecular weight is 208 g/mol. The number of hydrogen-bond acceptors (Lipinski definition) is 0. The average Bonchev–Trinajstić information content (AvgIpc) is 2.15. The second-order valence-electron chi connectivity index (χ2n) is 6.67. The standard InChI is InChI=1S/C15H28/c1-11-5-4-6-12(2)13(3)8-15-9-14(7-11)10-15/h11-15H,4-10H2,1-3H3. The van der Waals surface area contributed by atoms with E-state index in [2.05, 4.69) is 20.8 Å². The lowest BCUT2D eigenvalue weighted by Crippen LogP contribution is -2.27. The SMILES string of the molecule is CC1CCCC(C)C(C)CC2CC(C1)C2. The topological polar surface area (TPSA) is 0 Å². The van der Waals surface area contributed by atoms with E-state index in [9.17, 15) is 0 Å². The van der Waals surface area contributed by atoms with E-state index in [1.807, 2.05) is 0 Å². The van der Waals surface area contributed by atoms with Crippen molar-refractivity contribution in [3.63, 3.8) is 0 Å². The van der Waals surface area contributed by atoms with Crippen LogP contribution in [0.3, 0.4) is 0 Å². The van der Waals surface area contributed by atoms with Gasteiger partial charge in [0.15, 0.2) is 0 Å². The fourth-order valence-electron chi connectivity index (χ4n) is 3.78. The van der Waals surface area contributed by atoms with Crippen LogP contribution in [-0.2, 0) is 0 Å². The van der Waals surface area contributed by atoms with Crippen molar-refractivity contribution in [2.75, 3.05) is 0 Å². The van der Waals surface area contributed by atoms with Crippen molar-refractivity contribution in [2.45, 2.75) is 65.7 Å². The second kappa shape index (κ2) is 4.89. The van der Waals surface area contributed by atoms with Gasteiger partial charge in [0.05, 0.1) is 0 Å². The Morgan fingerprint density at radius 3 is 2.07 bits per heavy atom. The van der Waals surface area contributed by atoms with Gasteiger partial charge in [-0.15, -0.1) is 0 Å². The summed E-state index contributed by atoms with van der Waals surface area (Å²) in [4.78, 5) is 0. The molecule has 0 aliphatic heterocycles. The lowest BCUT2D eigenvalue weighted by molar-refractivity contribution is 0.130. The van der Waals surface area contributed by atoms with Crippen LogP contribution >= 0.6 is 0 Å². The Morgan fingerprint density at radius 1 is 0.667 bits per heavy atom. The summed E-state index contributed by atoms with van der Waals surface area (Å²) in [5, 5.41) is 0. The molecule has 3 atom stereocenters. The Morgan fingerprint density at radius 2 is 1.33 bits per heavy atom. The molecule has 0 aromatic heterocycles. The zero-order chi connectivity index (χ0) is 10.8. The smallest absolute Gasteiger partial charge is 0.0406 e. The third-order valence-corrected chi connectivity index (χ3v) is 5.10. The van der Waals surface area contributed by atoms with E-state index in [4.69, 9.17) is 0 Å². The normalized spacial score (nSPS) is 47.8. The summed E-state index contributed by atoms with van der Waals surface area (Å²) >= 11 is 0. The monoisotopic (exact) mass is 208 g/mol. The highest BCUT2D eigenvalue weighted by Gasteiger charge is 2.32. The van der Waals surface area contributed by atoms with Crippen LogP contribution in [-0.4, -0.2) is 0 Å². The Balaban J connectivity index is 1.90. The summed E-state index contributed by atoms with van der Waals surface area (Å²) in [5.74, 6) is 5.14. The minimum Gasteiger partial charge on any atom is -0.0625 e. The van der Waals surface area contributed by atoms with Crippen LogP contribution in [0.1, 0.15) is 65.7 Å². The molecule has 3 aliphatic carbocycles. The highest BCUT2D eigenvalue weighted by molar-refractivity contribution is 4.83. The summed E-state index contributed by atoms with van der Waals surface area (Å²) in [6.45, 7) is 7.43. The fourth-order valence-corrected chi connectivity index (χ4v) is 3.78. The van der Waals surface area contributed by atoms with Crippen molar-refractivity contribution >= 4 is 0 Å². The maximum absolute atomic E-state index is 2.49. The molecule has 0 aromatic rings. The molecule has 15 heavy (non-hydrogen) atoms. The maximum atomic E-state index is 2.49. The van der Waals surface area contributed by atoms with Crippen LogP contribution < -0.4 is 0 Å². The first-order valence-electron chi connectivity index (χ1n) is 7.15. The third-order valence-electron chi connectivity index (χ3n) is 5.10. The van der Waals surface area contributed by atoms with E-state index in [0.29, 0.717) is 0 Å². The largest absolute Gasteiger partial charge is 0.0625 e. The van der Waals surface area contributed by atoms with E-state index in [1.165, 1.54) is 32.1 Å². The summed E-state index contributed by atoms with van der Waals surface area (Å²) in [6.07, 6.45) is 10.6. The van der Waals surface area contributed by atoms with Gasteiger partial charge in [-0.25, -0.2) is 0 Å². The van der Waals surface area contributed by atoms with Gasteiger partial charge < -0.3 is 0 Å². The first-order valence-corrected chi connectivity index (χ1v) is 7.15. The molecule has 88 valence electrons. The molecule has 0 heteroatoms. The molecule has 3 aliphatic rings. The second-order valence-corrected chi connectivity index (χ2v) is 6.67. The van der Waals surface area contributed by atoms with Crippen molar-refractivity contribution in [1.29, 1.82) is 0 Å². The zero-order valence-corrected chi connectivity index (χ0v) is 10.8. The van der Waals surface area contributed by atoms with Gasteiger partial charge in [0.1, 0.15) is 0 Å². The molecule has 3 unspecified atom stereocenters. The molecule has 0 N–H and O–H groups in total. The minimum atomic E-state index is 0.967. The number of hydrogen-bond donors (Lipinski definition) is 0. The molecule has 0 spiro atoms. The Labute approximate surface area is 95.8 Å². The van der Waals surface area contributed by atoms with Gasteiger partial charge in [-0.2, -0.15) is 0 Å². The molecule has 0 saturated heterocycles. The number of rotatable bonds is 0. The maximum Gasteiger partial charge on any atom is -0.0406 e. The van der Waals surface area contributed by atoms with E-state index >= 15 is 0 Å². The Hall–Kier alpha value is 0. The van der Waals surface area contributed by atoms with Crippen LogP contribution in [0.5, 0.6) is 0 Å². The predicted octanol–water partition coefficient (Wildman–Crippen LogP) is 4.89. The molecular weight excluding hydrogens is 180 g/mol. The Bertz CT molecular complexity index is 187. The van der Waals surface area contributed by atoms with Gasteiger partial charge in [-0.05, 0) is 55.3 Å². The lowest BCUT2D eigenvalue weighted by atomic mass is 9.67. The highest BCUT2D eigenvalue weighted by Crippen LogP contribution is 2.44. The molecule has 0 nitrogen and oxygen atoms in total. The minimum absolute atomic E-state index is 0.967. The van der Waals surface area contributed by atoms with E-state index in [-0.39, 0.29) is 0 Å². The first-order chi connectivity index (χ1) is 7.15. The summed E-state index contributed by atoms with van der Waals surface area (Å²) < 4.78 is 0. The van der Waals surface area contributed by atoms with Crippen molar-refractivity contribution in [1.82, 2.24) is 0 Å². The third kappa shape index (κ3) is 2.98. The molecule has 3 fully saturated rings. The van der Waals surface area contributed by atoms with Crippen molar-refractivity contribution < 1.29 is 0 Å². The van der Waals surface area contributed by atoms with Crippen LogP contribution in [0, 0.1) is 29.6 Å². The highest BCUT2D eigenvalue weighted by atomic mass is 14.4. The van der Waals surface area contributed by atoms with E-state index < -0.39 is 0 Å². The molecule has 0 radical (unpaired) electrons. The Kier molecular flexibility index (Phi) is 3.74. The fraction of sp³-hybridized carbons (Fsp3) is 1.00. The van der Waals surface area contributed by atoms with Crippen LogP contribution in [0.4, 0.5) is 0 Å². The number of fused-ring (bicyclic) bond motifs is 7. The summed E-state index contributed by atoms with van der Waals surface area (Å²) in [7, 11) is 0. The predicted molar refractivity (Wildman–Crippen MR) is 66.8 cm³/mol. The van der Waals surface area contributed by atoms with Gasteiger partial charge >= 0.3 is 0 Å². The molecule has 0 heterocycles. The molecule has 0 amide bonds. The van der Waals surface area contributed by atoms with Crippen LogP contribution in [0.25, 0.3) is 0 Å². The van der Waals surface area contributed by atoms with Gasteiger partial charge in [-0.1, -0.05) is 40.0 Å². The summed E-state index contributed by atoms with van der Waals surface area (Å²) in [6, 6.07) is 0. The quantitative estimate of drug-likeness (QED) is 0.532. The summed E-state index contributed by atoms with van der Waals surface area (Å²) in [5.41, 5.74) is 0. The molecule has 0 aromatic carbocycles. The van der Waals surface area contributed by atoms with Crippen LogP contribution in [0.15, 0.2) is 0 Å². The zero-order valence-electron chi connectivity index (χ0n) is 10.8. The first kappa shape index (κ1) is 11.5. The van der Waals surface area contributed by atoms with Crippen LogP contribution in [0.2, 0.25) is 0 Å². The molecular formula is C15H28. The van der Waals surface area contributed by atoms with Gasteiger partial charge in [0.25, 0.3) is 0 Å². The molecule has 2 bridgehead atoms. The molecule has 3 saturated carbocycles. The van der Waals surface area contributed by atoms with E-state index in [1.54, 1.807) is 12.8 Å². The van der Waals surface area contributed by atoms with Crippen molar-refractivity contribution in [2.24, 2.45) is 29.6 Å². The van der Waals surface area contributed by atoms with Gasteiger partial charge in [-0.3, -0.25) is 0 Å².